The predicted molar refractivity (Wildman–Crippen MR) is 86.0 cm³/mol. The highest BCUT2D eigenvalue weighted by Crippen LogP contribution is 2.33. The van der Waals surface area contributed by atoms with Crippen LogP contribution in [0.25, 0.3) is 0 Å². The molecule has 3 unspecified atom stereocenters. The molecule has 0 saturated heterocycles. The summed E-state index contributed by atoms with van der Waals surface area (Å²) in [5, 5.41) is 4.55. The van der Waals surface area contributed by atoms with E-state index in [9.17, 15) is 0 Å². The average molecular weight is 295 g/mol. The number of ether oxygens (including phenoxy) is 2. The monoisotopic (exact) mass is 295 g/mol. The molecule has 112 valence electrons. The van der Waals surface area contributed by atoms with Gasteiger partial charge in [0.2, 0.25) is 0 Å². The van der Waals surface area contributed by atoms with Crippen molar-refractivity contribution in [3.05, 3.63) is 23.8 Å². The van der Waals surface area contributed by atoms with Crippen molar-refractivity contribution in [2.75, 3.05) is 20.5 Å². The number of hydrogen-bond donors (Lipinski definition) is 1. The van der Waals surface area contributed by atoms with Crippen LogP contribution in [0.1, 0.15) is 37.8 Å². The first-order valence-electron chi connectivity index (χ1n) is 7.18. The van der Waals surface area contributed by atoms with Crippen molar-refractivity contribution in [3.8, 4) is 11.5 Å². The fourth-order valence-corrected chi connectivity index (χ4v) is 3.72. The van der Waals surface area contributed by atoms with Gasteiger partial charge >= 0.3 is 0 Å². The van der Waals surface area contributed by atoms with Gasteiger partial charge in [-0.3, -0.25) is 0 Å². The Morgan fingerprint density at radius 3 is 2.65 bits per heavy atom. The van der Waals surface area contributed by atoms with Crippen LogP contribution in [-0.4, -0.2) is 31.8 Å². The van der Waals surface area contributed by atoms with Gasteiger partial charge < -0.3 is 14.8 Å². The van der Waals surface area contributed by atoms with Crippen LogP contribution in [0.15, 0.2) is 18.2 Å². The minimum absolute atomic E-state index is 0.269. The number of methoxy groups -OCH3 is 2. The van der Waals surface area contributed by atoms with E-state index in [-0.39, 0.29) is 6.04 Å². The predicted octanol–water partition coefficient (Wildman–Crippen LogP) is 3.64. The first-order chi connectivity index (χ1) is 9.67. The highest BCUT2D eigenvalue weighted by molar-refractivity contribution is 7.99. The summed E-state index contributed by atoms with van der Waals surface area (Å²) in [7, 11) is 3.42. The second kappa shape index (κ2) is 7.23. The maximum Gasteiger partial charge on any atom is 0.123 e. The van der Waals surface area contributed by atoms with Crippen LogP contribution in [0.2, 0.25) is 0 Å². The highest BCUT2D eigenvalue weighted by atomic mass is 32.2. The third kappa shape index (κ3) is 3.61. The number of hydrogen-bond acceptors (Lipinski definition) is 4. The van der Waals surface area contributed by atoms with Crippen LogP contribution in [0, 0.1) is 0 Å². The fourth-order valence-electron chi connectivity index (χ4n) is 2.93. The molecule has 0 aliphatic heterocycles. The topological polar surface area (TPSA) is 30.5 Å². The molecule has 1 aromatic rings. The summed E-state index contributed by atoms with van der Waals surface area (Å²) in [5.41, 5.74) is 1.17. The van der Waals surface area contributed by atoms with Crippen LogP contribution >= 0.6 is 11.8 Å². The van der Waals surface area contributed by atoms with Crippen molar-refractivity contribution in [2.45, 2.75) is 43.5 Å². The Balaban J connectivity index is 2.06. The second-order valence-corrected chi connectivity index (χ2v) is 6.50. The lowest BCUT2D eigenvalue weighted by molar-refractivity contribution is 0.384. The molecule has 1 N–H and O–H groups in total. The summed E-state index contributed by atoms with van der Waals surface area (Å²) in [6.07, 6.45) is 6.06. The molecule has 2 rings (SSSR count). The summed E-state index contributed by atoms with van der Waals surface area (Å²) >= 11 is 1.99. The van der Waals surface area contributed by atoms with Gasteiger partial charge in [0.15, 0.2) is 0 Å². The quantitative estimate of drug-likeness (QED) is 0.868. The first kappa shape index (κ1) is 15.5. The van der Waals surface area contributed by atoms with Crippen molar-refractivity contribution < 1.29 is 9.47 Å². The smallest absolute Gasteiger partial charge is 0.123 e. The van der Waals surface area contributed by atoms with Gasteiger partial charge in [-0.25, -0.2) is 0 Å². The van der Waals surface area contributed by atoms with E-state index >= 15 is 0 Å². The Labute approximate surface area is 126 Å². The molecule has 1 fully saturated rings. The molecule has 0 heterocycles. The summed E-state index contributed by atoms with van der Waals surface area (Å²) in [5.74, 6) is 1.80. The molecule has 1 aromatic carbocycles. The van der Waals surface area contributed by atoms with Crippen molar-refractivity contribution in [1.82, 2.24) is 5.32 Å². The fraction of sp³-hybridized carbons (Fsp3) is 0.625. The van der Waals surface area contributed by atoms with E-state index in [2.05, 4.69) is 24.6 Å². The van der Waals surface area contributed by atoms with Gasteiger partial charge in [-0.1, -0.05) is 0 Å². The lowest BCUT2D eigenvalue weighted by Gasteiger charge is -2.22. The standard InChI is InChI=1S/C16H25NO2S/c1-11(17-12-5-7-14(9-12)20-4)15-10-13(18-2)6-8-16(15)19-3/h6,8,10-12,14,17H,5,7,9H2,1-4H3. The molecule has 0 spiro atoms. The van der Waals surface area contributed by atoms with Crippen molar-refractivity contribution in [3.63, 3.8) is 0 Å². The van der Waals surface area contributed by atoms with Crippen molar-refractivity contribution in [1.29, 1.82) is 0 Å². The minimum atomic E-state index is 0.269. The van der Waals surface area contributed by atoms with E-state index < -0.39 is 0 Å². The summed E-state index contributed by atoms with van der Waals surface area (Å²) in [6, 6.07) is 6.86. The molecular formula is C16H25NO2S. The molecule has 4 heteroatoms. The number of thioether (sulfide) groups is 1. The van der Waals surface area contributed by atoms with E-state index in [0.29, 0.717) is 6.04 Å². The molecule has 1 aliphatic rings. The second-order valence-electron chi connectivity index (χ2n) is 5.36. The molecule has 0 amide bonds. The van der Waals surface area contributed by atoms with Crippen LogP contribution in [0.3, 0.4) is 0 Å². The van der Waals surface area contributed by atoms with Crippen LogP contribution < -0.4 is 14.8 Å². The molecule has 0 bridgehead atoms. The Kier molecular flexibility index (Phi) is 5.61. The zero-order valence-electron chi connectivity index (χ0n) is 12.8. The van der Waals surface area contributed by atoms with Gasteiger partial charge in [-0.05, 0) is 50.6 Å². The summed E-state index contributed by atoms with van der Waals surface area (Å²) in [4.78, 5) is 0. The Hall–Kier alpha value is -0.870. The van der Waals surface area contributed by atoms with Gasteiger partial charge in [0, 0.05) is 22.9 Å². The molecule has 3 atom stereocenters. The molecule has 20 heavy (non-hydrogen) atoms. The van der Waals surface area contributed by atoms with Gasteiger partial charge in [-0.2, -0.15) is 11.8 Å². The minimum Gasteiger partial charge on any atom is -0.497 e. The van der Waals surface area contributed by atoms with E-state index in [1.54, 1.807) is 14.2 Å². The molecule has 1 saturated carbocycles. The third-order valence-electron chi connectivity index (χ3n) is 4.11. The van der Waals surface area contributed by atoms with Crippen molar-refractivity contribution in [2.24, 2.45) is 0 Å². The van der Waals surface area contributed by atoms with E-state index in [1.807, 2.05) is 23.9 Å². The number of benzene rings is 1. The first-order valence-corrected chi connectivity index (χ1v) is 8.47. The normalized spacial score (nSPS) is 23.6. The molecular weight excluding hydrogens is 270 g/mol. The SMILES string of the molecule is COc1ccc(OC)c(C(C)NC2CCC(SC)C2)c1. The maximum absolute atomic E-state index is 5.47. The van der Waals surface area contributed by atoms with Crippen LogP contribution in [0.4, 0.5) is 0 Å². The Bertz CT molecular complexity index is 438. The zero-order chi connectivity index (χ0) is 14.5. The lowest BCUT2D eigenvalue weighted by Crippen LogP contribution is -2.29. The maximum atomic E-state index is 5.47. The summed E-state index contributed by atoms with van der Waals surface area (Å²) in [6.45, 7) is 2.20. The summed E-state index contributed by atoms with van der Waals surface area (Å²) < 4.78 is 10.8. The Morgan fingerprint density at radius 2 is 2.05 bits per heavy atom. The average Bonchev–Trinajstić information content (AvgIpc) is 2.94. The van der Waals surface area contributed by atoms with E-state index in [0.717, 1.165) is 16.7 Å². The highest BCUT2D eigenvalue weighted by Gasteiger charge is 2.25. The van der Waals surface area contributed by atoms with Crippen LogP contribution in [0.5, 0.6) is 11.5 Å². The number of rotatable bonds is 6. The lowest BCUT2D eigenvalue weighted by atomic mass is 10.1. The number of nitrogens with one attached hydrogen (secondary N) is 1. The Morgan fingerprint density at radius 1 is 1.25 bits per heavy atom. The molecule has 0 radical (unpaired) electrons. The molecule has 1 aliphatic carbocycles. The van der Waals surface area contributed by atoms with Gasteiger partial charge in [0.1, 0.15) is 11.5 Å². The largest absolute Gasteiger partial charge is 0.497 e. The molecule has 3 nitrogen and oxygen atoms in total. The van der Waals surface area contributed by atoms with Crippen molar-refractivity contribution >= 4 is 11.8 Å². The van der Waals surface area contributed by atoms with Crippen LogP contribution in [-0.2, 0) is 0 Å². The zero-order valence-corrected chi connectivity index (χ0v) is 13.6. The van der Waals surface area contributed by atoms with Gasteiger partial charge in [0.05, 0.1) is 14.2 Å². The van der Waals surface area contributed by atoms with Gasteiger partial charge in [0.25, 0.3) is 0 Å². The van der Waals surface area contributed by atoms with E-state index in [4.69, 9.17) is 9.47 Å². The van der Waals surface area contributed by atoms with Gasteiger partial charge in [-0.15, -0.1) is 0 Å². The van der Waals surface area contributed by atoms with E-state index in [1.165, 1.54) is 24.8 Å². The third-order valence-corrected chi connectivity index (χ3v) is 5.20. The molecule has 0 aromatic heterocycles.